The van der Waals surface area contributed by atoms with Crippen LogP contribution in [0.25, 0.3) is 11.0 Å². The van der Waals surface area contributed by atoms with E-state index in [1.54, 1.807) is 24.3 Å². The van der Waals surface area contributed by atoms with Crippen LogP contribution in [-0.2, 0) is 25.6 Å². The van der Waals surface area contributed by atoms with Crippen LogP contribution in [0.1, 0.15) is 40.3 Å². The number of esters is 2. The summed E-state index contributed by atoms with van der Waals surface area (Å²) in [5.41, 5.74) is 1.91. The van der Waals surface area contributed by atoms with E-state index in [4.69, 9.17) is 13.9 Å². The number of methoxy groups -OCH3 is 1. The summed E-state index contributed by atoms with van der Waals surface area (Å²) in [7, 11) is 1.29. The van der Waals surface area contributed by atoms with Crippen LogP contribution in [0, 0.1) is 0 Å². The molecule has 0 bridgehead atoms. The van der Waals surface area contributed by atoms with E-state index in [1.165, 1.54) is 19.2 Å². The van der Waals surface area contributed by atoms with Gasteiger partial charge in [0.2, 0.25) is 5.76 Å². The van der Waals surface area contributed by atoms with E-state index in [0.717, 1.165) is 5.39 Å². The van der Waals surface area contributed by atoms with Crippen molar-refractivity contribution >= 4 is 34.5 Å². The van der Waals surface area contributed by atoms with E-state index in [2.05, 4.69) is 10.1 Å². The Bertz CT molecular complexity index is 1080. The molecule has 0 aliphatic carbocycles. The number of carbonyl (C=O) groups excluding carboxylic acids is 3. The maximum atomic E-state index is 12.6. The van der Waals surface area contributed by atoms with Crippen molar-refractivity contribution in [2.45, 2.75) is 26.6 Å². The van der Waals surface area contributed by atoms with Gasteiger partial charge in [-0.1, -0.05) is 18.2 Å². The minimum absolute atomic E-state index is 0.0112. The van der Waals surface area contributed by atoms with Gasteiger partial charge in [0, 0.05) is 16.6 Å². The zero-order chi connectivity index (χ0) is 22.4. The number of furan rings is 1. The number of rotatable bonds is 8. The summed E-state index contributed by atoms with van der Waals surface area (Å²) in [5.74, 6) is -1.75. The van der Waals surface area contributed by atoms with Crippen molar-refractivity contribution in [1.29, 1.82) is 0 Å². The lowest BCUT2D eigenvalue weighted by Gasteiger charge is -2.09. The van der Waals surface area contributed by atoms with Gasteiger partial charge in [0.25, 0.3) is 5.91 Å². The lowest BCUT2D eigenvalue weighted by Crippen LogP contribution is -2.21. The number of hydrogen-bond donors (Lipinski definition) is 1. The molecule has 0 atom stereocenters. The first kappa shape index (κ1) is 22.0. The van der Waals surface area contributed by atoms with E-state index in [9.17, 15) is 14.4 Å². The molecule has 0 aliphatic heterocycles. The van der Waals surface area contributed by atoms with E-state index in [0.29, 0.717) is 22.4 Å². The van der Waals surface area contributed by atoms with Crippen molar-refractivity contribution in [3.63, 3.8) is 0 Å². The number of benzene rings is 2. The lowest BCUT2D eigenvalue weighted by atomic mass is 10.1. The van der Waals surface area contributed by atoms with Crippen molar-refractivity contribution < 1.29 is 33.0 Å². The second-order valence-corrected chi connectivity index (χ2v) is 6.96. The molecule has 8 heteroatoms. The highest BCUT2D eigenvalue weighted by Crippen LogP contribution is 2.27. The quantitative estimate of drug-likeness (QED) is 0.545. The molecule has 0 unspecified atom stereocenters. The van der Waals surface area contributed by atoms with Crippen LogP contribution in [0.5, 0.6) is 0 Å². The fraction of sp³-hybridized carbons (Fsp3) is 0.261. The van der Waals surface area contributed by atoms with Crippen molar-refractivity contribution in [1.82, 2.24) is 0 Å². The predicted molar refractivity (Wildman–Crippen MR) is 113 cm³/mol. The standard InChI is InChI=1S/C23H23NO7/c1-14(2)29-12-18-17-6-4-5-7-19(17)31-21(18)23(27)30-13-20(25)24-16-10-8-15(9-11-16)22(26)28-3/h4-11,14H,12-13H2,1-3H3,(H,24,25). The third-order valence-electron chi connectivity index (χ3n) is 4.37. The Balaban J connectivity index is 1.65. The normalized spacial score (nSPS) is 10.8. The first-order valence-electron chi connectivity index (χ1n) is 9.66. The Morgan fingerprint density at radius 1 is 1.00 bits per heavy atom. The highest BCUT2D eigenvalue weighted by atomic mass is 16.5. The van der Waals surface area contributed by atoms with Crippen LogP contribution in [0.3, 0.4) is 0 Å². The highest BCUT2D eigenvalue weighted by Gasteiger charge is 2.23. The Kier molecular flexibility index (Phi) is 7.04. The minimum Gasteiger partial charge on any atom is -0.465 e. The first-order valence-corrected chi connectivity index (χ1v) is 9.66. The van der Waals surface area contributed by atoms with E-state index in [-0.39, 0.29) is 18.5 Å². The van der Waals surface area contributed by atoms with E-state index in [1.807, 2.05) is 26.0 Å². The molecular formula is C23H23NO7. The number of amides is 1. The van der Waals surface area contributed by atoms with Crippen LogP contribution in [0.15, 0.2) is 52.9 Å². The van der Waals surface area contributed by atoms with Crippen LogP contribution >= 0.6 is 0 Å². The first-order chi connectivity index (χ1) is 14.9. The molecule has 162 valence electrons. The highest BCUT2D eigenvalue weighted by molar-refractivity contribution is 5.98. The molecule has 0 spiro atoms. The summed E-state index contributed by atoms with van der Waals surface area (Å²) in [4.78, 5) is 36.2. The maximum absolute atomic E-state index is 12.6. The van der Waals surface area contributed by atoms with Crippen LogP contribution in [0.2, 0.25) is 0 Å². The lowest BCUT2D eigenvalue weighted by molar-refractivity contribution is -0.119. The van der Waals surface area contributed by atoms with Gasteiger partial charge < -0.3 is 23.9 Å². The molecule has 8 nitrogen and oxygen atoms in total. The summed E-state index contributed by atoms with van der Waals surface area (Å²) in [5, 5.41) is 3.35. The zero-order valence-corrected chi connectivity index (χ0v) is 17.5. The van der Waals surface area contributed by atoms with Gasteiger partial charge in [-0.05, 0) is 44.2 Å². The number of fused-ring (bicyclic) bond motifs is 1. The van der Waals surface area contributed by atoms with Crippen molar-refractivity contribution in [2.24, 2.45) is 0 Å². The number of para-hydroxylation sites is 1. The molecule has 1 heterocycles. The Labute approximate surface area is 179 Å². The van der Waals surface area contributed by atoms with Gasteiger partial charge in [-0.2, -0.15) is 0 Å². The van der Waals surface area contributed by atoms with Crippen molar-refractivity contribution in [3.05, 3.63) is 65.4 Å². The molecule has 1 amide bonds. The number of anilines is 1. The average Bonchev–Trinajstić information content (AvgIpc) is 3.14. The SMILES string of the molecule is COC(=O)c1ccc(NC(=O)COC(=O)c2oc3ccccc3c2COC(C)C)cc1. The average molecular weight is 425 g/mol. The molecule has 3 rings (SSSR count). The summed E-state index contributed by atoms with van der Waals surface area (Å²) in [6.07, 6.45) is -0.0334. The summed E-state index contributed by atoms with van der Waals surface area (Å²) in [6.45, 7) is 3.46. The topological polar surface area (TPSA) is 104 Å². The fourth-order valence-electron chi connectivity index (χ4n) is 2.86. The van der Waals surface area contributed by atoms with Gasteiger partial charge in [0.1, 0.15) is 5.58 Å². The third-order valence-corrected chi connectivity index (χ3v) is 4.37. The van der Waals surface area contributed by atoms with Crippen molar-refractivity contribution in [2.75, 3.05) is 19.0 Å². The summed E-state index contributed by atoms with van der Waals surface area (Å²) in [6, 6.07) is 13.3. The molecule has 0 saturated heterocycles. The summed E-state index contributed by atoms with van der Waals surface area (Å²) < 4.78 is 21.1. The number of hydrogen-bond acceptors (Lipinski definition) is 7. The maximum Gasteiger partial charge on any atom is 0.375 e. The molecule has 3 aromatic rings. The number of carbonyl (C=O) groups is 3. The van der Waals surface area contributed by atoms with Gasteiger partial charge in [0.05, 0.1) is 25.4 Å². The van der Waals surface area contributed by atoms with Gasteiger partial charge >= 0.3 is 11.9 Å². The minimum atomic E-state index is -0.755. The van der Waals surface area contributed by atoms with Gasteiger partial charge in [-0.3, -0.25) is 4.79 Å². The predicted octanol–water partition coefficient (Wildman–Crippen LogP) is 3.94. The van der Waals surface area contributed by atoms with Gasteiger partial charge in [0.15, 0.2) is 6.61 Å². The molecular weight excluding hydrogens is 402 g/mol. The fourth-order valence-corrected chi connectivity index (χ4v) is 2.86. The van der Waals surface area contributed by atoms with Crippen LogP contribution in [-0.4, -0.2) is 37.7 Å². The molecule has 1 aromatic heterocycles. The Morgan fingerprint density at radius 2 is 1.71 bits per heavy atom. The van der Waals surface area contributed by atoms with Gasteiger partial charge in [-0.15, -0.1) is 0 Å². The van der Waals surface area contributed by atoms with Crippen molar-refractivity contribution in [3.8, 4) is 0 Å². The number of nitrogens with one attached hydrogen (secondary N) is 1. The van der Waals surface area contributed by atoms with Gasteiger partial charge in [-0.25, -0.2) is 9.59 Å². The smallest absolute Gasteiger partial charge is 0.375 e. The molecule has 2 aromatic carbocycles. The Hall–Kier alpha value is -3.65. The summed E-state index contributed by atoms with van der Waals surface area (Å²) >= 11 is 0. The van der Waals surface area contributed by atoms with Crippen LogP contribution in [0.4, 0.5) is 5.69 Å². The second kappa shape index (κ2) is 9.90. The van der Waals surface area contributed by atoms with E-state index >= 15 is 0 Å². The third kappa shape index (κ3) is 5.49. The zero-order valence-electron chi connectivity index (χ0n) is 17.5. The molecule has 0 fully saturated rings. The van der Waals surface area contributed by atoms with E-state index < -0.39 is 24.5 Å². The largest absolute Gasteiger partial charge is 0.465 e. The molecule has 31 heavy (non-hydrogen) atoms. The molecule has 0 radical (unpaired) electrons. The molecule has 1 N–H and O–H groups in total. The monoisotopic (exact) mass is 425 g/mol. The van der Waals surface area contributed by atoms with Crippen LogP contribution < -0.4 is 5.32 Å². The molecule has 0 aliphatic rings. The molecule has 0 saturated carbocycles. The number of ether oxygens (including phenoxy) is 3. The Morgan fingerprint density at radius 3 is 2.39 bits per heavy atom. The second-order valence-electron chi connectivity index (χ2n) is 6.96.